The van der Waals surface area contributed by atoms with Crippen molar-refractivity contribution in [3.63, 3.8) is 0 Å². The van der Waals surface area contributed by atoms with E-state index in [4.69, 9.17) is 0 Å². The van der Waals surface area contributed by atoms with Crippen molar-refractivity contribution < 1.29 is 4.79 Å². The van der Waals surface area contributed by atoms with E-state index in [1.165, 1.54) is 29.7 Å². The zero-order chi connectivity index (χ0) is 16.2. The normalized spacial score (nSPS) is 14.3. The summed E-state index contributed by atoms with van der Waals surface area (Å²) in [7, 11) is 0. The van der Waals surface area contributed by atoms with Gasteiger partial charge in [0, 0.05) is 30.8 Å². The fourth-order valence-corrected chi connectivity index (χ4v) is 4.12. The highest BCUT2D eigenvalue weighted by atomic mass is 32.1. The summed E-state index contributed by atoms with van der Waals surface area (Å²) in [5, 5.41) is 11.6. The van der Waals surface area contributed by atoms with Crippen molar-refractivity contribution in [3.8, 4) is 0 Å². The van der Waals surface area contributed by atoms with Gasteiger partial charge in [0.2, 0.25) is 0 Å². The van der Waals surface area contributed by atoms with E-state index in [0.717, 1.165) is 42.3 Å². The molecule has 124 valence electrons. The van der Waals surface area contributed by atoms with Gasteiger partial charge in [0.15, 0.2) is 0 Å². The molecule has 0 bridgehead atoms. The molecule has 1 aliphatic rings. The minimum absolute atomic E-state index is 0.0217. The number of thiophene rings is 1. The lowest BCUT2D eigenvalue weighted by Gasteiger charge is -2.07. The highest BCUT2D eigenvalue weighted by Crippen LogP contribution is 2.22. The zero-order valence-electron chi connectivity index (χ0n) is 13.9. The van der Waals surface area contributed by atoms with E-state index in [1.54, 1.807) is 11.3 Å². The minimum atomic E-state index is 0.0217. The molecule has 0 atom stereocenters. The molecule has 1 N–H and O–H groups in total. The van der Waals surface area contributed by atoms with Gasteiger partial charge in [-0.3, -0.25) is 4.79 Å². The maximum absolute atomic E-state index is 12.3. The Hall–Kier alpha value is -1.69. The van der Waals surface area contributed by atoms with Crippen LogP contribution in [0.2, 0.25) is 0 Å². The number of aromatic nitrogens is 3. The molecule has 0 unspecified atom stereocenters. The van der Waals surface area contributed by atoms with Gasteiger partial charge >= 0.3 is 0 Å². The molecule has 1 amide bonds. The highest BCUT2D eigenvalue weighted by Gasteiger charge is 2.15. The van der Waals surface area contributed by atoms with Gasteiger partial charge in [0.05, 0.1) is 4.88 Å². The van der Waals surface area contributed by atoms with Crippen molar-refractivity contribution in [1.29, 1.82) is 0 Å². The Kier molecular flexibility index (Phi) is 5.10. The van der Waals surface area contributed by atoms with E-state index in [-0.39, 0.29) is 5.91 Å². The van der Waals surface area contributed by atoms with Crippen LogP contribution in [0.3, 0.4) is 0 Å². The zero-order valence-corrected chi connectivity index (χ0v) is 14.7. The molecular formula is C17H24N4OS. The summed E-state index contributed by atoms with van der Waals surface area (Å²) in [5.41, 5.74) is 1.27. The summed E-state index contributed by atoms with van der Waals surface area (Å²) in [6.07, 6.45) is 6.39. The van der Waals surface area contributed by atoms with Crippen molar-refractivity contribution in [2.45, 2.75) is 58.9 Å². The standard InChI is InChI=1S/C17H24N4OS/c1-3-13-11-14(23-12(13)2)17(22)18-9-8-16-20-19-15-7-5-4-6-10-21(15)16/h11H,3-10H2,1-2H3,(H,18,22). The molecule has 5 nitrogen and oxygen atoms in total. The van der Waals surface area contributed by atoms with E-state index in [1.807, 2.05) is 6.07 Å². The number of hydrogen-bond acceptors (Lipinski definition) is 4. The molecule has 3 heterocycles. The second-order valence-electron chi connectivity index (χ2n) is 6.05. The van der Waals surface area contributed by atoms with Crippen LogP contribution in [0.1, 0.15) is 57.9 Å². The van der Waals surface area contributed by atoms with Crippen molar-refractivity contribution in [2.24, 2.45) is 0 Å². The molecule has 23 heavy (non-hydrogen) atoms. The largest absolute Gasteiger partial charge is 0.351 e. The second kappa shape index (κ2) is 7.25. The smallest absolute Gasteiger partial charge is 0.261 e. The molecule has 0 saturated carbocycles. The maximum atomic E-state index is 12.3. The monoisotopic (exact) mass is 332 g/mol. The van der Waals surface area contributed by atoms with Gasteiger partial charge in [-0.05, 0) is 37.8 Å². The summed E-state index contributed by atoms with van der Waals surface area (Å²) in [6.45, 7) is 5.81. The van der Waals surface area contributed by atoms with E-state index < -0.39 is 0 Å². The van der Waals surface area contributed by atoms with Crippen LogP contribution in [-0.2, 0) is 25.8 Å². The van der Waals surface area contributed by atoms with Gasteiger partial charge in [-0.2, -0.15) is 0 Å². The third-order valence-corrected chi connectivity index (χ3v) is 5.54. The molecule has 0 spiro atoms. The van der Waals surface area contributed by atoms with Crippen molar-refractivity contribution in [2.75, 3.05) is 6.54 Å². The van der Waals surface area contributed by atoms with Crippen molar-refractivity contribution in [1.82, 2.24) is 20.1 Å². The topological polar surface area (TPSA) is 59.8 Å². The van der Waals surface area contributed by atoms with Crippen LogP contribution in [0, 0.1) is 6.92 Å². The first kappa shape index (κ1) is 16.2. The Morgan fingerprint density at radius 3 is 3.00 bits per heavy atom. The summed E-state index contributed by atoms with van der Waals surface area (Å²) < 4.78 is 2.24. The average molecular weight is 332 g/mol. The van der Waals surface area contributed by atoms with Gasteiger partial charge in [0.25, 0.3) is 5.91 Å². The Morgan fingerprint density at radius 2 is 2.22 bits per heavy atom. The molecule has 0 fully saturated rings. The molecular weight excluding hydrogens is 308 g/mol. The molecule has 2 aromatic rings. The number of nitrogens with zero attached hydrogens (tertiary/aromatic N) is 3. The average Bonchev–Trinajstić information content (AvgIpc) is 3.02. The van der Waals surface area contributed by atoms with Crippen molar-refractivity contribution in [3.05, 3.63) is 33.0 Å². The first-order valence-corrected chi connectivity index (χ1v) is 9.29. The number of carbonyl (C=O) groups excluding carboxylic acids is 1. The summed E-state index contributed by atoms with van der Waals surface area (Å²) in [6, 6.07) is 2.01. The van der Waals surface area contributed by atoms with Crippen LogP contribution in [-0.4, -0.2) is 27.2 Å². The third-order valence-electron chi connectivity index (χ3n) is 4.45. The quantitative estimate of drug-likeness (QED) is 0.916. The Balaban J connectivity index is 1.57. The van der Waals surface area contributed by atoms with Gasteiger partial charge in [-0.1, -0.05) is 13.3 Å². The summed E-state index contributed by atoms with van der Waals surface area (Å²) >= 11 is 1.58. The molecule has 0 radical (unpaired) electrons. The Bertz CT molecular complexity index is 689. The first-order chi connectivity index (χ1) is 11.2. The minimum Gasteiger partial charge on any atom is -0.351 e. The molecule has 6 heteroatoms. The lowest BCUT2D eigenvalue weighted by atomic mass is 10.2. The fraction of sp³-hybridized carbons (Fsp3) is 0.588. The number of fused-ring (bicyclic) bond motifs is 1. The third kappa shape index (κ3) is 3.63. The predicted molar refractivity (Wildman–Crippen MR) is 92.0 cm³/mol. The van der Waals surface area contributed by atoms with E-state index in [9.17, 15) is 4.79 Å². The Labute approximate surface area is 141 Å². The van der Waals surface area contributed by atoms with Gasteiger partial charge in [-0.25, -0.2) is 0 Å². The van der Waals surface area contributed by atoms with E-state index >= 15 is 0 Å². The summed E-state index contributed by atoms with van der Waals surface area (Å²) in [5.74, 6) is 2.12. The number of carbonyl (C=O) groups is 1. The van der Waals surface area contributed by atoms with Gasteiger partial charge in [0.1, 0.15) is 11.6 Å². The lowest BCUT2D eigenvalue weighted by molar-refractivity contribution is 0.0958. The lowest BCUT2D eigenvalue weighted by Crippen LogP contribution is -2.26. The number of amides is 1. The first-order valence-electron chi connectivity index (χ1n) is 8.47. The molecule has 0 aliphatic carbocycles. The highest BCUT2D eigenvalue weighted by molar-refractivity contribution is 7.14. The van der Waals surface area contributed by atoms with Crippen molar-refractivity contribution >= 4 is 17.2 Å². The van der Waals surface area contributed by atoms with Crippen LogP contribution in [0.25, 0.3) is 0 Å². The van der Waals surface area contributed by atoms with Gasteiger partial charge in [-0.15, -0.1) is 21.5 Å². The number of hydrogen-bond donors (Lipinski definition) is 1. The van der Waals surface area contributed by atoms with E-state index in [2.05, 4.69) is 33.9 Å². The molecule has 0 aromatic carbocycles. The van der Waals surface area contributed by atoms with Crippen LogP contribution in [0.15, 0.2) is 6.07 Å². The van der Waals surface area contributed by atoms with Crippen LogP contribution < -0.4 is 5.32 Å². The molecule has 2 aromatic heterocycles. The number of nitrogens with one attached hydrogen (secondary N) is 1. The number of aryl methyl sites for hydroxylation is 3. The second-order valence-corrected chi connectivity index (χ2v) is 7.30. The number of rotatable bonds is 5. The van der Waals surface area contributed by atoms with Crippen LogP contribution in [0.5, 0.6) is 0 Å². The molecule has 1 aliphatic heterocycles. The maximum Gasteiger partial charge on any atom is 0.261 e. The summed E-state index contributed by atoms with van der Waals surface area (Å²) in [4.78, 5) is 14.3. The van der Waals surface area contributed by atoms with Crippen LogP contribution in [0.4, 0.5) is 0 Å². The van der Waals surface area contributed by atoms with Gasteiger partial charge < -0.3 is 9.88 Å². The van der Waals surface area contributed by atoms with Crippen LogP contribution >= 0.6 is 11.3 Å². The predicted octanol–water partition coefficient (Wildman–Crippen LogP) is 2.91. The molecule has 3 rings (SSSR count). The molecule has 0 saturated heterocycles. The Morgan fingerprint density at radius 1 is 1.35 bits per heavy atom. The fourth-order valence-electron chi connectivity index (χ4n) is 3.09. The van der Waals surface area contributed by atoms with E-state index in [0.29, 0.717) is 6.54 Å². The SMILES string of the molecule is CCc1cc(C(=O)NCCc2nnc3n2CCCCC3)sc1C.